The molecule has 3 aromatic carbocycles. The first-order chi connectivity index (χ1) is 13.9. The van der Waals surface area contributed by atoms with Gasteiger partial charge in [-0.15, -0.1) is 0 Å². The second kappa shape index (κ2) is 7.55. The molecule has 0 saturated carbocycles. The number of fused-ring (bicyclic) bond motifs is 5. The highest BCUT2D eigenvalue weighted by Crippen LogP contribution is 2.51. The topological polar surface area (TPSA) is 18.5 Å². The Morgan fingerprint density at radius 3 is 2.00 bits per heavy atom. The van der Waals surface area contributed by atoms with Crippen LogP contribution in [0.1, 0.15) is 41.4 Å². The fraction of sp³-hybridized carbons (Fsp3) is 0.231. The summed E-state index contributed by atoms with van der Waals surface area (Å²) in [6.07, 6.45) is 4.32. The number of hydrogen-bond acceptors (Lipinski definition) is 2. The molecule has 2 aliphatic rings. The lowest BCUT2D eigenvalue weighted by Gasteiger charge is -2.23. The maximum absolute atomic E-state index is 6.16. The molecule has 0 spiro atoms. The van der Waals surface area contributed by atoms with Crippen LogP contribution in [0.5, 0.6) is 11.5 Å². The van der Waals surface area contributed by atoms with E-state index in [2.05, 4.69) is 84.9 Å². The van der Waals surface area contributed by atoms with Gasteiger partial charge < -0.3 is 9.47 Å². The molecule has 5 rings (SSSR count). The Kier molecular flexibility index (Phi) is 4.62. The maximum atomic E-state index is 6.16. The van der Waals surface area contributed by atoms with Crippen molar-refractivity contribution in [2.45, 2.75) is 24.7 Å². The van der Waals surface area contributed by atoms with Crippen molar-refractivity contribution < 1.29 is 9.47 Å². The number of benzene rings is 3. The Morgan fingerprint density at radius 1 is 0.643 bits per heavy atom. The Bertz CT molecular complexity index is 990. The van der Waals surface area contributed by atoms with Gasteiger partial charge in [0, 0.05) is 23.8 Å². The summed E-state index contributed by atoms with van der Waals surface area (Å²) in [4.78, 5) is 0. The van der Waals surface area contributed by atoms with Crippen molar-refractivity contribution in [3.63, 3.8) is 0 Å². The summed E-state index contributed by atoms with van der Waals surface area (Å²) in [5.74, 6) is 2.63. The lowest BCUT2D eigenvalue weighted by Crippen LogP contribution is -2.08. The molecule has 1 heterocycles. The van der Waals surface area contributed by atoms with Crippen LogP contribution in [-0.4, -0.2) is 13.2 Å². The molecule has 3 aromatic rings. The molecule has 0 bridgehead atoms. The van der Waals surface area contributed by atoms with Crippen LogP contribution >= 0.6 is 0 Å². The zero-order valence-electron chi connectivity index (χ0n) is 15.9. The van der Waals surface area contributed by atoms with Gasteiger partial charge in [-0.1, -0.05) is 72.8 Å². The molecule has 0 radical (unpaired) electrons. The lowest BCUT2D eigenvalue weighted by molar-refractivity contribution is 0.246. The number of hydrogen-bond donors (Lipinski definition) is 0. The minimum Gasteiger partial charge on any atom is -0.493 e. The van der Waals surface area contributed by atoms with E-state index in [0.29, 0.717) is 19.1 Å². The van der Waals surface area contributed by atoms with Gasteiger partial charge >= 0.3 is 0 Å². The van der Waals surface area contributed by atoms with Crippen molar-refractivity contribution in [1.82, 2.24) is 0 Å². The van der Waals surface area contributed by atoms with Crippen molar-refractivity contribution in [3.8, 4) is 11.5 Å². The van der Waals surface area contributed by atoms with E-state index in [1.807, 2.05) is 0 Å². The van der Waals surface area contributed by atoms with E-state index in [4.69, 9.17) is 9.47 Å². The highest BCUT2D eigenvalue weighted by Gasteiger charge is 2.34. The number of rotatable bonds is 1. The second-order valence-electron chi connectivity index (χ2n) is 7.52. The van der Waals surface area contributed by atoms with Crippen LogP contribution in [0.3, 0.4) is 0 Å². The second-order valence-corrected chi connectivity index (χ2v) is 7.52. The molecule has 0 saturated heterocycles. The van der Waals surface area contributed by atoms with E-state index < -0.39 is 0 Å². The Labute approximate surface area is 166 Å². The van der Waals surface area contributed by atoms with Crippen LogP contribution in [0.25, 0.3) is 5.57 Å². The van der Waals surface area contributed by atoms with E-state index in [1.165, 1.54) is 22.3 Å². The van der Waals surface area contributed by atoms with Gasteiger partial charge in [0.25, 0.3) is 0 Å². The number of allylic oxidation sites excluding steroid dienone is 2. The maximum Gasteiger partial charge on any atom is 0.123 e. The molecule has 2 heteroatoms. The Morgan fingerprint density at radius 2 is 1.25 bits per heavy atom. The van der Waals surface area contributed by atoms with Crippen molar-refractivity contribution in [2.75, 3.05) is 13.2 Å². The van der Waals surface area contributed by atoms with E-state index in [-0.39, 0.29) is 5.92 Å². The zero-order valence-corrected chi connectivity index (χ0v) is 15.9. The van der Waals surface area contributed by atoms with Gasteiger partial charge in [0.05, 0.1) is 13.2 Å². The summed E-state index contributed by atoms with van der Waals surface area (Å²) >= 11 is 0. The average molecular weight is 368 g/mol. The molecule has 0 fully saturated rings. The average Bonchev–Trinajstić information content (AvgIpc) is 3.19. The van der Waals surface area contributed by atoms with Gasteiger partial charge in [0.15, 0.2) is 0 Å². The quantitative estimate of drug-likeness (QED) is 0.509. The molecule has 1 aliphatic carbocycles. The predicted molar refractivity (Wildman–Crippen MR) is 113 cm³/mol. The van der Waals surface area contributed by atoms with Crippen LogP contribution in [-0.2, 0) is 0 Å². The van der Waals surface area contributed by atoms with Gasteiger partial charge in [0.2, 0.25) is 0 Å². The van der Waals surface area contributed by atoms with Crippen LogP contribution in [0, 0.1) is 0 Å². The third-order valence-corrected chi connectivity index (χ3v) is 5.80. The summed E-state index contributed by atoms with van der Waals surface area (Å²) in [5.41, 5.74) is 5.28. The Hall–Kier alpha value is -3.00. The van der Waals surface area contributed by atoms with Crippen LogP contribution < -0.4 is 9.47 Å². The molecule has 140 valence electrons. The first-order valence-electron chi connectivity index (χ1n) is 10.1. The number of ether oxygens (including phenoxy) is 2. The molecule has 1 aliphatic heterocycles. The lowest BCUT2D eigenvalue weighted by atomic mass is 9.82. The van der Waals surface area contributed by atoms with Gasteiger partial charge in [-0.05, 0) is 35.3 Å². The molecule has 28 heavy (non-hydrogen) atoms. The summed E-state index contributed by atoms with van der Waals surface area (Å²) in [7, 11) is 0. The highest BCUT2D eigenvalue weighted by molar-refractivity contribution is 5.72. The number of para-hydroxylation sites is 2. The molecule has 0 N–H and O–H groups in total. The van der Waals surface area contributed by atoms with Crippen molar-refractivity contribution in [1.29, 1.82) is 0 Å². The van der Waals surface area contributed by atoms with Crippen molar-refractivity contribution in [2.24, 2.45) is 0 Å². The molecule has 0 amide bonds. The highest BCUT2D eigenvalue weighted by atomic mass is 16.5. The smallest absolute Gasteiger partial charge is 0.123 e. The fourth-order valence-corrected chi connectivity index (χ4v) is 4.47. The molecular formula is C26H24O2. The molecular weight excluding hydrogens is 344 g/mol. The SMILES string of the molecule is C1=C(c2ccccc2)C[C@H]2c3ccccc3OCCCOc3ccccc3[C@@H]12. The van der Waals surface area contributed by atoms with Crippen LogP contribution in [0.4, 0.5) is 0 Å². The largest absolute Gasteiger partial charge is 0.493 e. The normalized spacial score (nSPS) is 21.1. The first kappa shape index (κ1) is 17.1. The zero-order chi connectivity index (χ0) is 18.8. The standard InChI is InChI=1S/C26H24O2/c1-2-9-19(10-3-1)20-17-23-21-11-4-6-13-25(21)27-15-8-16-28-26-14-7-5-12-22(26)24(23)18-20/h1-7,9-14,17,23-24H,8,15-16,18H2/t23-,24+/m1/s1. The van der Waals surface area contributed by atoms with Crippen LogP contribution in [0.2, 0.25) is 0 Å². The molecule has 2 atom stereocenters. The van der Waals surface area contributed by atoms with Crippen molar-refractivity contribution >= 4 is 5.57 Å². The summed E-state index contributed by atoms with van der Waals surface area (Å²) in [5, 5.41) is 0. The predicted octanol–water partition coefficient (Wildman–Crippen LogP) is 6.20. The summed E-state index contributed by atoms with van der Waals surface area (Å²) < 4.78 is 12.3. The van der Waals surface area contributed by atoms with E-state index in [0.717, 1.165) is 24.3 Å². The minimum atomic E-state index is 0.272. The van der Waals surface area contributed by atoms with Gasteiger partial charge in [-0.2, -0.15) is 0 Å². The van der Waals surface area contributed by atoms with Gasteiger partial charge in [-0.3, -0.25) is 0 Å². The van der Waals surface area contributed by atoms with Crippen LogP contribution in [0.15, 0.2) is 84.9 Å². The summed E-state index contributed by atoms with van der Waals surface area (Å²) in [6.45, 7) is 1.35. The third kappa shape index (κ3) is 3.20. The van der Waals surface area contributed by atoms with E-state index >= 15 is 0 Å². The molecule has 0 unspecified atom stereocenters. The minimum absolute atomic E-state index is 0.272. The van der Waals surface area contributed by atoms with E-state index in [9.17, 15) is 0 Å². The van der Waals surface area contributed by atoms with Gasteiger partial charge in [-0.25, -0.2) is 0 Å². The molecule has 2 nitrogen and oxygen atoms in total. The third-order valence-electron chi connectivity index (χ3n) is 5.80. The first-order valence-corrected chi connectivity index (χ1v) is 10.1. The molecule has 0 aromatic heterocycles. The van der Waals surface area contributed by atoms with Crippen molar-refractivity contribution in [3.05, 3.63) is 102 Å². The fourth-order valence-electron chi connectivity index (χ4n) is 4.47. The Balaban J connectivity index is 1.65. The summed E-state index contributed by atoms with van der Waals surface area (Å²) in [6, 6.07) is 27.8. The van der Waals surface area contributed by atoms with E-state index in [1.54, 1.807) is 0 Å². The monoisotopic (exact) mass is 368 g/mol. The van der Waals surface area contributed by atoms with Gasteiger partial charge in [0.1, 0.15) is 11.5 Å².